The molecule has 0 amide bonds. The Morgan fingerprint density at radius 3 is 2.65 bits per heavy atom. The lowest BCUT2D eigenvalue weighted by molar-refractivity contribution is 0.288. The molecule has 1 fully saturated rings. The molecule has 1 aromatic rings. The zero-order valence-corrected chi connectivity index (χ0v) is 12.4. The zero-order valence-electron chi connectivity index (χ0n) is 12.4. The topological polar surface area (TPSA) is 62.7 Å². The molecule has 1 aromatic heterocycles. The minimum atomic E-state index is 0.00900. The Kier molecular flexibility index (Phi) is 4.44. The lowest BCUT2D eigenvalue weighted by Crippen LogP contribution is -2.28. The second kappa shape index (κ2) is 6.09. The van der Waals surface area contributed by atoms with E-state index in [9.17, 15) is 5.26 Å². The van der Waals surface area contributed by atoms with Crippen molar-refractivity contribution >= 4 is 5.57 Å². The molecule has 0 aliphatic heterocycles. The molecule has 1 aliphatic rings. The maximum atomic E-state index is 9.54. The highest BCUT2D eigenvalue weighted by molar-refractivity contribution is 5.79. The number of pyridine rings is 1. The Labute approximate surface area is 121 Å². The maximum Gasteiger partial charge on any atom is 0.102 e. The lowest BCUT2D eigenvalue weighted by Gasteiger charge is -2.32. The number of hydrogen-bond acceptors (Lipinski definition) is 3. The summed E-state index contributed by atoms with van der Waals surface area (Å²) in [5.41, 5.74) is 8.71. The van der Waals surface area contributed by atoms with Crippen LogP contribution in [0, 0.1) is 22.7 Å². The summed E-state index contributed by atoms with van der Waals surface area (Å²) < 4.78 is 0. The van der Waals surface area contributed by atoms with Gasteiger partial charge in [-0.3, -0.25) is 4.98 Å². The van der Waals surface area contributed by atoms with Crippen LogP contribution in [0.3, 0.4) is 0 Å². The molecular weight excluding hydrogens is 246 g/mol. The summed E-state index contributed by atoms with van der Waals surface area (Å²) in [5, 5.41) is 9.54. The third kappa shape index (κ3) is 2.85. The Hall–Kier alpha value is -1.82. The molecule has 0 unspecified atom stereocenters. The summed E-state index contributed by atoms with van der Waals surface area (Å²) in [6, 6.07) is 6.07. The highest BCUT2D eigenvalue weighted by Gasteiger charge is 2.38. The van der Waals surface area contributed by atoms with Crippen LogP contribution < -0.4 is 5.73 Å². The fraction of sp³-hybridized carbons (Fsp3) is 0.529. The van der Waals surface area contributed by atoms with E-state index < -0.39 is 0 Å². The molecule has 20 heavy (non-hydrogen) atoms. The van der Waals surface area contributed by atoms with E-state index in [2.05, 4.69) is 24.9 Å². The van der Waals surface area contributed by atoms with E-state index in [4.69, 9.17) is 5.73 Å². The molecule has 0 saturated heterocycles. The quantitative estimate of drug-likeness (QED) is 0.844. The van der Waals surface area contributed by atoms with Gasteiger partial charge < -0.3 is 5.73 Å². The van der Waals surface area contributed by atoms with Gasteiger partial charge in [-0.25, -0.2) is 0 Å². The summed E-state index contributed by atoms with van der Waals surface area (Å²) in [4.78, 5) is 4.11. The lowest BCUT2D eigenvalue weighted by atomic mass is 9.74. The van der Waals surface area contributed by atoms with Crippen molar-refractivity contribution in [3.05, 3.63) is 35.8 Å². The predicted octanol–water partition coefficient (Wildman–Crippen LogP) is 3.88. The maximum absolute atomic E-state index is 9.54. The van der Waals surface area contributed by atoms with Crippen molar-refractivity contribution < 1.29 is 0 Å². The first-order valence-corrected chi connectivity index (χ1v) is 7.40. The fourth-order valence-corrected chi connectivity index (χ4v) is 3.47. The largest absolute Gasteiger partial charge is 0.400 e. The van der Waals surface area contributed by atoms with Crippen LogP contribution in [0.15, 0.2) is 30.2 Å². The molecule has 0 bridgehead atoms. The van der Waals surface area contributed by atoms with E-state index in [0.29, 0.717) is 11.5 Å². The molecule has 3 heteroatoms. The summed E-state index contributed by atoms with van der Waals surface area (Å²) in [6.07, 6.45) is 9.12. The van der Waals surface area contributed by atoms with Crippen molar-refractivity contribution in [3.63, 3.8) is 0 Å². The summed E-state index contributed by atoms with van der Waals surface area (Å²) in [5.74, 6) is 0.584. The molecule has 0 atom stereocenters. The Bertz CT molecular complexity index is 517. The predicted molar refractivity (Wildman–Crippen MR) is 81.3 cm³/mol. The van der Waals surface area contributed by atoms with Gasteiger partial charge in [0.05, 0.1) is 5.57 Å². The van der Waals surface area contributed by atoms with Crippen LogP contribution in [-0.2, 0) is 0 Å². The van der Waals surface area contributed by atoms with Gasteiger partial charge in [-0.1, -0.05) is 32.8 Å². The third-order valence-electron chi connectivity index (χ3n) is 4.26. The first kappa shape index (κ1) is 14.6. The molecule has 1 heterocycles. The first-order chi connectivity index (χ1) is 9.59. The zero-order chi connectivity index (χ0) is 14.6. The van der Waals surface area contributed by atoms with Gasteiger partial charge >= 0.3 is 0 Å². The average molecular weight is 269 g/mol. The van der Waals surface area contributed by atoms with Crippen LogP contribution in [0.25, 0.3) is 5.57 Å². The highest BCUT2D eigenvalue weighted by atomic mass is 14.7. The van der Waals surface area contributed by atoms with Crippen molar-refractivity contribution in [3.8, 4) is 6.07 Å². The standard InChI is InChI=1S/C17H23N3/c1-13(2)10-17(7-3-4-8-17)16(19)15(11-18)14-6-5-9-20-12-14/h5-6,9,12-13H,3-4,7-8,10,19H2,1-2H3/b16-15+. The third-order valence-corrected chi connectivity index (χ3v) is 4.26. The SMILES string of the molecule is CC(C)CC1(/C(N)=C(/C#N)c2cccnc2)CCCC1. The van der Waals surface area contributed by atoms with Gasteiger partial charge in [0.25, 0.3) is 0 Å². The van der Waals surface area contributed by atoms with Crippen molar-refractivity contribution in [2.75, 3.05) is 0 Å². The van der Waals surface area contributed by atoms with Crippen LogP contribution >= 0.6 is 0 Å². The number of nitrogens with zero attached hydrogens (tertiary/aromatic N) is 2. The van der Waals surface area contributed by atoms with E-state index in [0.717, 1.165) is 30.5 Å². The second-order valence-corrected chi connectivity index (χ2v) is 6.23. The number of hydrogen-bond donors (Lipinski definition) is 1. The number of rotatable bonds is 4. The highest BCUT2D eigenvalue weighted by Crippen LogP contribution is 2.48. The number of nitriles is 1. The Morgan fingerprint density at radius 1 is 1.45 bits per heavy atom. The van der Waals surface area contributed by atoms with Gasteiger partial charge in [-0.05, 0) is 31.2 Å². The molecular formula is C17H23N3. The molecule has 0 aromatic carbocycles. The van der Waals surface area contributed by atoms with Gasteiger partial charge in [0, 0.05) is 29.1 Å². The number of nitrogens with two attached hydrogens (primary N) is 1. The molecule has 0 radical (unpaired) electrons. The van der Waals surface area contributed by atoms with Crippen molar-refractivity contribution in [1.82, 2.24) is 4.98 Å². The molecule has 2 N–H and O–H groups in total. The van der Waals surface area contributed by atoms with Crippen molar-refractivity contribution in [2.45, 2.75) is 46.0 Å². The van der Waals surface area contributed by atoms with Gasteiger partial charge in [0.2, 0.25) is 0 Å². The fourth-order valence-electron chi connectivity index (χ4n) is 3.47. The first-order valence-electron chi connectivity index (χ1n) is 7.40. The second-order valence-electron chi connectivity index (χ2n) is 6.23. The molecule has 3 nitrogen and oxygen atoms in total. The molecule has 2 rings (SSSR count). The van der Waals surface area contributed by atoms with E-state index in [1.165, 1.54) is 12.8 Å². The molecule has 106 valence electrons. The number of allylic oxidation sites excluding steroid dienone is 2. The van der Waals surface area contributed by atoms with Crippen LogP contribution in [0.2, 0.25) is 0 Å². The van der Waals surface area contributed by atoms with E-state index in [1.807, 2.05) is 12.1 Å². The molecule has 1 aliphatic carbocycles. The Balaban J connectivity index is 2.46. The van der Waals surface area contributed by atoms with Gasteiger partial charge in [-0.15, -0.1) is 0 Å². The van der Waals surface area contributed by atoms with Crippen molar-refractivity contribution in [2.24, 2.45) is 17.1 Å². The van der Waals surface area contributed by atoms with Gasteiger partial charge in [0.15, 0.2) is 0 Å². The normalized spacial score (nSPS) is 18.7. The van der Waals surface area contributed by atoms with Crippen LogP contribution in [-0.4, -0.2) is 4.98 Å². The van der Waals surface area contributed by atoms with Gasteiger partial charge in [0.1, 0.15) is 6.07 Å². The Morgan fingerprint density at radius 2 is 2.15 bits per heavy atom. The molecule has 1 saturated carbocycles. The molecule has 0 spiro atoms. The minimum absolute atomic E-state index is 0.00900. The van der Waals surface area contributed by atoms with Crippen LogP contribution in [0.4, 0.5) is 0 Å². The minimum Gasteiger partial charge on any atom is -0.400 e. The monoisotopic (exact) mass is 269 g/mol. The smallest absolute Gasteiger partial charge is 0.102 e. The van der Waals surface area contributed by atoms with E-state index >= 15 is 0 Å². The van der Waals surface area contributed by atoms with Crippen LogP contribution in [0.5, 0.6) is 0 Å². The summed E-state index contributed by atoms with van der Waals surface area (Å²) in [7, 11) is 0. The average Bonchev–Trinajstić information content (AvgIpc) is 2.89. The summed E-state index contributed by atoms with van der Waals surface area (Å²) in [6.45, 7) is 4.45. The van der Waals surface area contributed by atoms with E-state index in [-0.39, 0.29) is 5.41 Å². The van der Waals surface area contributed by atoms with Crippen LogP contribution in [0.1, 0.15) is 51.5 Å². The van der Waals surface area contributed by atoms with Crippen molar-refractivity contribution in [1.29, 1.82) is 5.26 Å². The van der Waals surface area contributed by atoms with Gasteiger partial charge in [-0.2, -0.15) is 5.26 Å². The van der Waals surface area contributed by atoms with E-state index in [1.54, 1.807) is 12.4 Å². The summed E-state index contributed by atoms with van der Waals surface area (Å²) >= 11 is 0. The number of aromatic nitrogens is 1.